The molecule has 0 spiro atoms. The summed E-state index contributed by atoms with van der Waals surface area (Å²) < 4.78 is 4.36. The van der Waals surface area contributed by atoms with Gasteiger partial charge in [-0.2, -0.15) is 0 Å². The number of carbonyl (C=O) groups is 3. The van der Waals surface area contributed by atoms with Crippen LogP contribution in [-0.2, 0) is 4.79 Å². The van der Waals surface area contributed by atoms with Crippen molar-refractivity contribution in [3.63, 3.8) is 0 Å². The molecule has 0 radical (unpaired) electrons. The maximum atomic E-state index is 10.5. The fourth-order valence-corrected chi connectivity index (χ4v) is 0.878. The SMILES string of the molecule is CC(C)[C@H](N)C(=O)O.NC(=O)c1cnoc1C(N)=O. The summed E-state index contributed by atoms with van der Waals surface area (Å²) >= 11 is 0. The van der Waals surface area contributed by atoms with Gasteiger partial charge in [-0.3, -0.25) is 14.4 Å². The summed E-state index contributed by atoms with van der Waals surface area (Å²) in [5.74, 6) is -2.87. The van der Waals surface area contributed by atoms with Gasteiger partial charge in [0.25, 0.3) is 11.8 Å². The largest absolute Gasteiger partial charge is 0.480 e. The van der Waals surface area contributed by atoms with Crippen LogP contribution >= 0.6 is 0 Å². The van der Waals surface area contributed by atoms with Crippen LogP contribution in [0.1, 0.15) is 34.8 Å². The van der Waals surface area contributed by atoms with Crippen molar-refractivity contribution >= 4 is 17.8 Å². The third-order valence-corrected chi connectivity index (χ3v) is 2.06. The lowest BCUT2D eigenvalue weighted by Gasteiger charge is -2.07. The molecule has 0 aliphatic heterocycles. The van der Waals surface area contributed by atoms with E-state index in [1.54, 1.807) is 13.8 Å². The molecule has 1 heterocycles. The third kappa shape index (κ3) is 5.17. The first-order valence-electron chi connectivity index (χ1n) is 5.21. The molecule has 0 aliphatic rings. The maximum Gasteiger partial charge on any atom is 0.320 e. The summed E-state index contributed by atoms with van der Waals surface area (Å²) in [6.45, 7) is 3.55. The molecule has 0 aliphatic carbocycles. The van der Waals surface area contributed by atoms with Crippen LogP contribution in [0.25, 0.3) is 0 Å². The summed E-state index contributed by atoms with van der Waals surface area (Å²) in [7, 11) is 0. The topological polar surface area (TPSA) is 176 Å². The molecule has 19 heavy (non-hydrogen) atoms. The molecule has 9 nitrogen and oxygen atoms in total. The Bertz CT molecular complexity index is 440. The first-order valence-corrected chi connectivity index (χ1v) is 5.21. The van der Waals surface area contributed by atoms with Crippen LogP contribution in [0.4, 0.5) is 0 Å². The number of amides is 2. The summed E-state index contributed by atoms with van der Waals surface area (Å²) in [6.07, 6.45) is 1.04. The van der Waals surface area contributed by atoms with Crippen molar-refractivity contribution < 1.29 is 24.0 Å². The van der Waals surface area contributed by atoms with E-state index in [1.807, 2.05) is 0 Å². The van der Waals surface area contributed by atoms with E-state index in [1.165, 1.54) is 0 Å². The van der Waals surface area contributed by atoms with Crippen LogP contribution < -0.4 is 17.2 Å². The van der Waals surface area contributed by atoms with Crippen molar-refractivity contribution in [2.45, 2.75) is 19.9 Å². The number of aliphatic carboxylic acids is 1. The number of nitrogens with zero attached hydrogens (tertiary/aromatic N) is 1. The second kappa shape index (κ2) is 7.11. The standard InChI is InChI=1S/C5H5N3O3.C5H11NO2/c6-4(9)2-1-8-11-3(2)5(7)10;1-3(2)4(6)5(7)8/h1H,(H2,6,9)(H2,7,10);3-4H,6H2,1-2H3,(H,7,8)/t;4-/m.0/s1. The minimum atomic E-state index is -0.931. The third-order valence-electron chi connectivity index (χ3n) is 2.06. The van der Waals surface area contributed by atoms with Gasteiger partial charge in [-0.05, 0) is 5.92 Å². The fraction of sp³-hybridized carbons (Fsp3) is 0.400. The molecule has 1 atom stereocenters. The Labute approximate surface area is 108 Å². The summed E-state index contributed by atoms with van der Waals surface area (Å²) in [4.78, 5) is 31.0. The van der Waals surface area contributed by atoms with Gasteiger partial charge >= 0.3 is 5.97 Å². The van der Waals surface area contributed by atoms with Gasteiger partial charge < -0.3 is 26.8 Å². The minimum absolute atomic E-state index is 0.0208. The monoisotopic (exact) mass is 272 g/mol. The Morgan fingerprint density at radius 3 is 2.00 bits per heavy atom. The van der Waals surface area contributed by atoms with Gasteiger partial charge in [0.05, 0.1) is 6.20 Å². The van der Waals surface area contributed by atoms with Crippen molar-refractivity contribution in [2.24, 2.45) is 23.1 Å². The van der Waals surface area contributed by atoms with Crippen LogP contribution in [-0.4, -0.2) is 34.1 Å². The molecule has 7 N–H and O–H groups in total. The van der Waals surface area contributed by atoms with Crippen molar-refractivity contribution in [3.05, 3.63) is 17.5 Å². The van der Waals surface area contributed by atoms with Gasteiger partial charge in [0.2, 0.25) is 5.76 Å². The first kappa shape index (κ1) is 16.6. The molecular weight excluding hydrogens is 256 g/mol. The Morgan fingerprint density at radius 1 is 1.26 bits per heavy atom. The zero-order valence-corrected chi connectivity index (χ0v) is 10.5. The van der Waals surface area contributed by atoms with E-state index in [2.05, 4.69) is 9.68 Å². The van der Waals surface area contributed by atoms with Gasteiger partial charge in [0.1, 0.15) is 11.6 Å². The average molecular weight is 272 g/mol. The van der Waals surface area contributed by atoms with Crippen LogP contribution in [0.2, 0.25) is 0 Å². The van der Waals surface area contributed by atoms with Crippen molar-refractivity contribution in [3.8, 4) is 0 Å². The van der Waals surface area contributed by atoms with Gasteiger partial charge in [-0.15, -0.1) is 0 Å². The number of nitrogens with two attached hydrogens (primary N) is 3. The summed E-state index contributed by atoms with van der Waals surface area (Å²) in [5.41, 5.74) is 14.7. The van der Waals surface area contributed by atoms with Gasteiger partial charge in [0.15, 0.2) is 0 Å². The number of primary amides is 2. The highest BCUT2D eigenvalue weighted by Crippen LogP contribution is 2.04. The predicted octanol–water partition coefficient (Wildman–Crippen LogP) is -1.07. The molecule has 0 fully saturated rings. The molecule has 9 heteroatoms. The normalized spacial score (nSPS) is 11.4. The Balaban J connectivity index is 0.000000362. The number of carboxylic acid groups (broad SMARTS) is 1. The maximum absolute atomic E-state index is 10.5. The lowest BCUT2D eigenvalue weighted by Crippen LogP contribution is -2.34. The van der Waals surface area contributed by atoms with Gasteiger partial charge in [-0.1, -0.05) is 19.0 Å². The zero-order valence-electron chi connectivity index (χ0n) is 10.5. The van der Waals surface area contributed by atoms with E-state index in [0.717, 1.165) is 6.20 Å². The molecule has 106 valence electrons. The van der Waals surface area contributed by atoms with E-state index in [4.69, 9.17) is 22.3 Å². The fourth-order valence-electron chi connectivity index (χ4n) is 0.878. The molecule has 1 rings (SSSR count). The van der Waals surface area contributed by atoms with Gasteiger partial charge in [0, 0.05) is 0 Å². The molecular formula is C10H16N4O5. The average Bonchev–Trinajstić information content (AvgIpc) is 2.77. The number of carboxylic acids is 1. The smallest absolute Gasteiger partial charge is 0.320 e. The van der Waals surface area contributed by atoms with Crippen LogP contribution in [0.15, 0.2) is 10.7 Å². The Hall–Kier alpha value is -2.42. The predicted molar refractivity (Wildman–Crippen MR) is 64.0 cm³/mol. The van der Waals surface area contributed by atoms with Crippen molar-refractivity contribution in [2.75, 3.05) is 0 Å². The number of hydrogen-bond donors (Lipinski definition) is 4. The number of aromatic nitrogens is 1. The quantitative estimate of drug-likeness (QED) is 0.539. The van der Waals surface area contributed by atoms with Crippen LogP contribution in [0, 0.1) is 5.92 Å². The van der Waals surface area contributed by atoms with E-state index in [-0.39, 0.29) is 17.2 Å². The molecule has 0 saturated carbocycles. The highest BCUT2D eigenvalue weighted by Gasteiger charge is 2.17. The van der Waals surface area contributed by atoms with Gasteiger partial charge in [-0.25, -0.2) is 0 Å². The van der Waals surface area contributed by atoms with E-state index < -0.39 is 23.8 Å². The minimum Gasteiger partial charge on any atom is -0.480 e. The van der Waals surface area contributed by atoms with E-state index in [0.29, 0.717) is 0 Å². The lowest BCUT2D eigenvalue weighted by atomic mass is 10.1. The first-order chi connectivity index (χ1) is 8.68. The highest BCUT2D eigenvalue weighted by atomic mass is 16.5. The van der Waals surface area contributed by atoms with Crippen LogP contribution in [0.5, 0.6) is 0 Å². The van der Waals surface area contributed by atoms with E-state index in [9.17, 15) is 14.4 Å². The molecule has 0 bridgehead atoms. The summed E-state index contributed by atoms with van der Waals surface area (Å²) in [6, 6.07) is -0.713. The molecule has 2 amide bonds. The number of carbonyl (C=O) groups excluding carboxylic acids is 2. The zero-order chi connectivity index (χ0) is 15.2. The Morgan fingerprint density at radius 2 is 1.79 bits per heavy atom. The molecule has 0 unspecified atom stereocenters. The van der Waals surface area contributed by atoms with Crippen molar-refractivity contribution in [1.29, 1.82) is 0 Å². The van der Waals surface area contributed by atoms with Crippen LogP contribution in [0.3, 0.4) is 0 Å². The molecule has 1 aromatic rings. The molecule has 0 saturated heterocycles. The Kier molecular flexibility index (Phi) is 6.21. The second-order valence-electron chi connectivity index (χ2n) is 3.91. The highest BCUT2D eigenvalue weighted by molar-refractivity contribution is 6.03. The second-order valence-corrected chi connectivity index (χ2v) is 3.91. The van der Waals surface area contributed by atoms with E-state index >= 15 is 0 Å². The van der Waals surface area contributed by atoms with Crippen molar-refractivity contribution in [1.82, 2.24) is 5.16 Å². The number of rotatable bonds is 4. The summed E-state index contributed by atoms with van der Waals surface area (Å²) in [5, 5.41) is 11.4. The number of hydrogen-bond acceptors (Lipinski definition) is 6. The lowest BCUT2D eigenvalue weighted by molar-refractivity contribution is -0.139. The molecule has 0 aromatic carbocycles. The molecule has 1 aromatic heterocycles.